The van der Waals surface area contributed by atoms with E-state index in [4.69, 9.17) is 9.84 Å². The predicted octanol–water partition coefficient (Wildman–Crippen LogP) is 0.527. The molecule has 0 bridgehead atoms. The highest BCUT2D eigenvalue weighted by Gasteiger charge is 2.23. The van der Waals surface area contributed by atoms with Crippen LogP contribution in [0.1, 0.15) is 19.8 Å². The van der Waals surface area contributed by atoms with Crippen LogP contribution in [0.4, 0.5) is 4.79 Å². The van der Waals surface area contributed by atoms with Crippen molar-refractivity contribution in [3.63, 3.8) is 0 Å². The Bertz CT molecular complexity index is 283. The van der Waals surface area contributed by atoms with Crippen LogP contribution in [0, 0.1) is 5.92 Å². The fourth-order valence-corrected chi connectivity index (χ4v) is 1.87. The van der Waals surface area contributed by atoms with Gasteiger partial charge < -0.3 is 20.1 Å². The lowest BCUT2D eigenvalue weighted by Gasteiger charge is -2.19. The first-order chi connectivity index (χ1) is 8.02. The molecule has 17 heavy (non-hydrogen) atoms. The number of rotatable bonds is 5. The molecule has 1 saturated heterocycles. The first-order valence-electron chi connectivity index (χ1n) is 5.80. The number of urea groups is 1. The van der Waals surface area contributed by atoms with Gasteiger partial charge in [0.25, 0.3) is 0 Å². The second-order valence-corrected chi connectivity index (χ2v) is 4.48. The molecule has 1 rings (SSSR count). The van der Waals surface area contributed by atoms with Crippen molar-refractivity contribution < 1.29 is 19.4 Å². The number of carbonyl (C=O) groups is 2. The van der Waals surface area contributed by atoms with E-state index in [1.54, 1.807) is 4.90 Å². The van der Waals surface area contributed by atoms with Gasteiger partial charge in [0.2, 0.25) is 0 Å². The molecule has 0 radical (unpaired) electrons. The number of ether oxygens (including phenoxy) is 1. The van der Waals surface area contributed by atoms with Crippen molar-refractivity contribution in [2.75, 3.05) is 26.7 Å². The van der Waals surface area contributed by atoms with Crippen LogP contribution in [-0.4, -0.2) is 54.9 Å². The summed E-state index contributed by atoms with van der Waals surface area (Å²) in [6.45, 7) is 3.87. The zero-order chi connectivity index (χ0) is 12.8. The summed E-state index contributed by atoms with van der Waals surface area (Å²) in [5.41, 5.74) is 0. The molecule has 1 aliphatic rings. The number of likely N-dealkylation sites (tertiary alicyclic amines) is 1. The summed E-state index contributed by atoms with van der Waals surface area (Å²) >= 11 is 0. The van der Waals surface area contributed by atoms with Gasteiger partial charge in [-0.3, -0.25) is 4.79 Å². The lowest BCUT2D eigenvalue weighted by molar-refractivity contribution is -0.139. The van der Waals surface area contributed by atoms with Gasteiger partial charge in [0.1, 0.15) is 0 Å². The Morgan fingerprint density at radius 2 is 2.29 bits per heavy atom. The molecule has 0 spiro atoms. The molecule has 1 aliphatic heterocycles. The number of carbonyl (C=O) groups excluding carboxylic acids is 1. The monoisotopic (exact) mass is 244 g/mol. The van der Waals surface area contributed by atoms with Crippen LogP contribution in [0.25, 0.3) is 0 Å². The molecule has 1 heterocycles. The molecule has 1 fully saturated rings. The molecule has 6 nitrogen and oxygen atoms in total. The fourth-order valence-electron chi connectivity index (χ4n) is 1.87. The number of hydrogen-bond acceptors (Lipinski definition) is 3. The van der Waals surface area contributed by atoms with E-state index in [2.05, 4.69) is 12.2 Å². The summed E-state index contributed by atoms with van der Waals surface area (Å²) in [6.07, 6.45) is 0.445. The third-order valence-electron chi connectivity index (χ3n) is 2.93. The minimum absolute atomic E-state index is 0.104. The van der Waals surface area contributed by atoms with Crippen LogP contribution in [0.3, 0.4) is 0 Å². The Morgan fingerprint density at radius 1 is 1.59 bits per heavy atom. The molecule has 2 N–H and O–H groups in total. The molecule has 0 saturated carbocycles. The highest BCUT2D eigenvalue weighted by atomic mass is 16.5. The van der Waals surface area contributed by atoms with Crippen molar-refractivity contribution in [3.05, 3.63) is 0 Å². The van der Waals surface area contributed by atoms with Crippen LogP contribution < -0.4 is 5.32 Å². The minimum Gasteiger partial charge on any atom is -0.481 e. The fraction of sp³-hybridized carbons (Fsp3) is 0.818. The maximum absolute atomic E-state index is 11.7. The van der Waals surface area contributed by atoms with E-state index in [-0.39, 0.29) is 19.0 Å². The van der Waals surface area contributed by atoms with Crippen molar-refractivity contribution in [2.45, 2.75) is 25.9 Å². The van der Waals surface area contributed by atoms with Crippen molar-refractivity contribution in [1.82, 2.24) is 10.2 Å². The summed E-state index contributed by atoms with van der Waals surface area (Å²) in [7, 11) is 1.44. The smallest absolute Gasteiger partial charge is 0.317 e. The highest BCUT2D eigenvalue weighted by molar-refractivity contribution is 5.74. The van der Waals surface area contributed by atoms with Crippen molar-refractivity contribution in [1.29, 1.82) is 0 Å². The number of carboxylic acid groups (broad SMARTS) is 1. The number of aliphatic carboxylic acids is 1. The molecule has 0 aromatic rings. The number of methoxy groups -OCH3 is 1. The molecule has 0 aliphatic carbocycles. The molecule has 0 aromatic carbocycles. The molecular weight excluding hydrogens is 224 g/mol. The van der Waals surface area contributed by atoms with Crippen molar-refractivity contribution in [2.24, 2.45) is 5.92 Å². The Hall–Kier alpha value is -1.30. The zero-order valence-electron chi connectivity index (χ0n) is 10.3. The molecule has 98 valence electrons. The number of hydrogen-bond donors (Lipinski definition) is 2. The lowest BCUT2D eigenvalue weighted by atomic mass is 10.2. The lowest BCUT2D eigenvalue weighted by Crippen LogP contribution is -2.42. The van der Waals surface area contributed by atoms with Gasteiger partial charge >= 0.3 is 12.0 Å². The first-order valence-corrected chi connectivity index (χ1v) is 5.80. The predicted molar refractivity (Wildman–Crippen MR) is 61.8 cm³/mol. The number of carboxylic acids is 1. The van der Waals surface area contributed by atoms with Crippen molar-refractivity contribution >= 4 is 12.0 Å². The third kappa shape index (κ3) is 4.60. The second kappa shape index (κ2) is 6.44. The average Bonchev–Trinajstić information content (AvgIpc) is 2.70. The van der Waals surface area contributed by atoms with Crippen LogP contribution >= 0.6 is 0 Å². The molecule has 6 heteroatoms. The zero-order valence-corrected chi connectivity index (χ0v) is 10.3. The van der Waals surface area contributed by atoms with Gasteiger partial charge in [-0.15, -0.1) is 0 Å². The first kappa shape index (κ1) is 13.8. The standard InChI is InChI=1S/C11H20N2O4/c1-8-3-4-13(7-8)11(16)12-6-9(17-2)5-10(14)15/h8-9H,3-7H2,1-2H3,(H,12,16)(H,14,15). The normalized spacial score (nSPS) is 21.3. The van der Waals surface area contributed by atoms with Gasteiger partial charge in [-0.25, -0.2) is 4.79 Å². The largest absolute Gasteiger partial charge is 0.481 e. The van der Waals surface area contributed by atoms with Crippen LogP contribution in [0.2, 0.25) is 0 Å². The summed E-state index contributed by atoms with van der Waals surface area (Å²) in [5.74, 6) is -0.390. The quantitative estimate of drug-likeness (QED) is 0.739. The summed E-state index contributed by atoms with van der Waals surface area (Å²) in [6, 6.07) is -0.137. The topological polar surface area (TPSA) is 78.9 Å². The Morgan fingerprint density at radius 3 is 2.76 bits per heavy atom. The molecule has 2 atom stereocenters. The van der Waals surface area contributed by atoms with Crippen LogP contribution in [0.15, 0.2) is 0 Å². The van der Waals surface area contributed by atoms with E-state index in [1.807, 2.05) is 0 Å². The van der Waals surface area contributed by atoms with Crippen LogP contribution in [-0.2, 0) is 9.53 Å². The van der Waals surface area contributed by atoms with Gasteiger partial charge in [-0.2, -0.15) is 0 Å². The molecule has 0 aromatic heterocycles. The Balaban J connectivity index is 2.28. The van der Waals surface area contributed by atoms with E-state index in [0.29, 0.717) is 5.92 Å². The van der Waals surface area contributed by atoms with E-state index >= 15 is 0 Å². The van der Waals surface area contributed by atoms with E-state index in [1.165, 1.54) is 7.11 Å². The molecule has 2 unspecified atom stereocenters. The Kier molecular flexibility index (Phi) is 5.21. The molecule has 2 amide bonds. The van der Waals surface area contributed by atoms with Crippen LogP contribution in [0.5, 0.6) is 0 Å². The van der Waals surface area contributed by atoms with Gasteiger partial charge in [0.15, 0.2) is 0 Å². The van der Waals surface area contributed by atoms with E-state index < -0.39 is 12.1 Å². The number of nitrogens with zero attached hydrogens (tertiary/aromatic N) is 1. The summed E-state index contributed by atoms with van der Waals surface area (Å²) in [5, 5.41) is 11.3. The summed E-state index contributed by atoms with van der Waals surface area (Å²) in [4.78, 5) is 24.0. The second-order valence-electron chi connectivity index (χ2n) is 4.48. The minimum atomic E-state index is -0.930. The molecular formula is C11H20N2O4. The number of amides is 2. The van der Waals surface area contributed by atoms with Gasteiger partial charge in [0.05, 0.1) is 12.5 Å². The van der Waals surface area contributed by atoms with Gasteiger partial charge in [0, 0.05) is 26.7 Å². The summed E-state index contributed by atoms with van der Waals surface area (Å²) < 4.78 is 4.98. The maximum atomic E-state index is 11.7. The third-order valence-corrected chi connectivity index (χ3v) is 2.93. The van der Waals surface area contributed by atoms with E-state index in [0.717, 1.165) is 19.5 Å². The maximum Gasteiger partial charge on any atom is 0.317 e. The average molecular weight is 244 g/mol. The van der Waals surface area contributed by atoms with Gasteiger partial charge in [-0.1, -0.05) is 6.92 Å². The number of nitrogens with one attached hydrogen (secondary N) is 1. The Labute approximate surface area is 101 Å². The van der Waals surface area contributed by atoms with Crippen molar-refractivity contribution in [3.8, 4) is 0 Å². The van der Waals surface area contributed by atoms with E-state index in [9.17, 15) is 9.59 Å². The highest BCUT2D eigenvalue weighted by Crippen LogP contribution is 2.14. The van der Waals surface area contributed by atoms with Gasteiger partial charge in [-0.05, 0) is 12.3 Å². The SMILES string of the molecule is COC(CNC(=O)N1CCC(C)C1)CC(=O)O.